The van der Waals surface area contributed by atoms with Crippen molar-refractivity contribution in [2.45, 2.75) is 13.3 Å². The zero-order chi connectivity index (χ0) is 9.80. The highest BCUT2D eigenvalue weighted by Gasteiger charge is 2.08. The lowest BCUT2D eigenvalue weighted by Crippen LogP contribution is -2.16. The fourth-order valence-electron chi connectivity index (χ4n) is 1.73. The second-order valence-corrected chi connectivity index (χ2v) is 3.36. The lowest BCUT2D eigenvalue weighted by atomic mass is 10.1. The molecule has 0 spiro atoms. The van der Waals surface area contributed by atoms with E-state index < -0.39 is 0 Å². The predicted octanol–water partition coefficient (Wildman–Crippen LogP) is 3.27. The molecule has 0 amide bonds. The second kappa shape index (κ2) is 4.14. The molecular weight excluding hydrogens is 170 g/mol. The Kier molecular flexibility index (Phi) is 2.68. The summed E-state index contributed by atoms with van der Waals surface area (Å²) >= 11 is 0. The van der Waals surface area contributed by atoms with E-state index in [0.717, 1.165) is 13.0 Å². The summed E-state index contributed by atoms with van der Waals surface area (Å²) in [5.41, 5.74) is 2.63. The van der Waals surface area contributed by atoms with Gasteiger partial charge in [-0.1, -0.05) is 42.5 Å². The van der Waals surface area contributed by atoms with E-state index in [1.807, 2.05) is 0 Å². The van der Waals surface area contributed by atoms with E-state index >= 15 is 0 Å². The van der Waals surface area contributed by atoms with Crippen molar-refractivity contribution in [1.82, 2.24) is 4.90 Å². The molecule has 0 bridgehead atoms. The van der Waals surface area contributed by atoms with Gasteiger partial charge < -0.3 is 4.90 Å². The topological polar surface area (TPSA) is 3.24 Å². The molecule has 1 aromatic carbocycles. The highest BCUT2D eigenvalue weighted by Crippen LogP contribution is 2.22. The Balaban J connectivity index is 2.30. The zero-order valence-electron chi connectivity index (χ0n) is 8.48. The van der Waals surface area contributed by atoms with Gasteiger partial charge in [0.2, 0.25) is 0 Å². The number of allylic oxidation sites excluding steroid dienone is 2. The number of hydrogen-bond donors (Lipinski definition) is 0. The molecule has 72 valence electrons. The maximum absolute atomic E-state index is 2.28. The van der Waals surface area contributed by atoms with Crippen LogP contribution in [0, 0.1) is 0 Å². The maximum atomic E-state index is 2.28. The van der Waals surface area contributed by atoms with E-state index in [0.29, 0.717) is 0 Å². The Labute approximate surface area is 85.4 Å². The van der Waals surface area contributed by atoms with Crippen LogP contribution in [0.3, 0.4) is 0 Å². The number of hydrogen-bond acceptors (Lipinski definition) is 1. The van der Waals surface area contributed by atoms with Crippen molar-refractivity contribution < 1.29 is 0 Å². The summed E-state index contributed by atoms with van der Waals surface area (Å²) in [6.07, 6.45) is 7.68. The Morgan fingerprint density at radius 3 is 2.71 bits per heavy atom. The first kappa shape index (κ1) is 9.07. The number of rotatable bonds is 2. The third-order valence-electron chi connectivity index (χ3n) is 2.45. The van der Waals surface area contributed by atoms with Crippen LogP contribution in [0.15, 0.2) is 48.7 Å². The van der Waals surface area contributed by atoms with Crippen LogP contribution in [-0.2, 0) is 0 Å². The minimum absolute atomic E-state index is 1.03. The summed E-state index contributed by atoms with van der Waals surface area (Å²) in [5.74, 6) is 0. The molecule has 0 saturated heterocycles. The van der Waals surface area contributed by atoms with Crippen LogP contribution in [-0.4, -0.2) is 11.4 Å². The van der Waals surface area contributed by atoms with Crippen molar-refractivity contribution in [2.24, 2.45) is 0 Å². The molecule has 1 aliphatic heterocycles. The molecule has 1 heteroatoms. The van der Waals surface area contributed by atoms with Crippen molar-refractivity contribution in [1.29, 1.82) is 0 Å². The summed E-state index contributed by atoms with van der Waals surface area (Å²) in [6.45, 7) is 3.20. The number of benzene rings is 1. The van der Waals surface area contributed by atoms with E-state index in [9.17, 15) is 0 Å². The Hall–Kier alpha value is -1.50. The van der Waals surface area contributed by atoms with Crippen molar-refractivity contribution in [2.75, 3.05) is 6.54 Å². The third kappa shape index (κ3) is 1.72. The van der Waals surface area contributed by atoms with Gasteiger partial charge in [0.1, 0.15) is 0 Å². The summed E-state index contributed by atoms with van der Waals surface area (Å²) in [4.78, 5) is 2.28. The molecule has 0 aromatic heterocycles. The summed E-state index contributed by atoms with van der Waals surface area (Å²) in [6, 6.07) is 10.5. The van der Waals surface area contributed by atoms with E-state index in [-0.39, 0.29) is 0 Å². The third-order valence-corrected chi connectivity index (χ3v) is 2.45. The summed E-state index contributed by atoms with van der Waals surface area (Å²) in [7, 11) is 0. The van der Waals surface area contributed by atoms with Gasteiger partial charge in [0.25, 0.3) is 0 Å². The van der Waals surface area contributed by atoms with E-state index in [2.05, 4.69) is 60.5 Å². The van der Waals surface area contributed by atoms with Gasteiger partial charge in [0.05, 0.1) is 0 Å². The van der Waals surface area contributed by atoms with Crippen molar-refractivity contribution in [3.8, 4) is 0 Å². The van der Waals surface area contributed by atoms with Crippen molar-refractivity contribution >= 4 is 5.70 Å². The zero-order valence-corrected chi connectivity index (χ0v) is 8.48. The average molecular weight is 185 g/mol. The van der Waals surface area contributed by atoms with Crippen LogP contribution >= 0.6 is 0 Å². The standard InChI is InChI=1S/C13H15N/c1-2-14-11-7-6-10-13(14)12-8-4-3-5-9-12/h3-5,7-11H,2,6H2,1H3. The SMILES string of the molecule is CCN1C=CCC=C1c1ccccc1. The monoisotopic (exact) mass is 185 g/mol. The molecule has 14 heavy (non-hydrogen) atoms. The molecule has 0 aliphatic carbocycles. The van der Waals surface area contributed by atoms with Gasteiger partial charge in [-0.05, 0) is 18.9 Å². The molecule has 0 atom stereocenters. The van der Waals surface area contributed by atoms with Gasteiger partial charge >= 0.3 is 0 Å². The lowest BCUT2D eigenvalue weighted by molar-refractivity contribution is 0.553. The van der Waals surface area contributed by atoms with Gasteiger partial charge in [-0.2, -0.15) is 0 Å². The largest absolute Gasteiger partial charge is 0.348 e. The van der Waals surface area contributed by atoms with Crippen molar-refractivity contribution in [3.63, 3.8) is 0 Å². The first-order chi connectivity index (χ1) is 6.92. The highest BCUT2D eigenvalue weighted by atomic mass is 15.1. The molecule has 0 fully saturated rings. The van der Waals surface area contributed by atoms with Crippen LogP contribution in [0.25, 0.3) is 5.70 Å². The Morgan fingerprint density at radius 2 is 2.00 bits per heavy atom. The van der Waals surface area contributed by atoms with Crippen molar-refractivity contribution in [3.05, 3.63) is 54.2 Å². The fraction of sp³-hybridized carbons (Fsp3) is 0.231. The van der Waals surface area contributed by atoms with Gasteiger partial charge in [-0.15, -0.1) is 0 Å². The second-order valence-electron chi connectivity index (χ2n) is 3.36. The molecule has 1 aliphatic rings. The van der Waals surface area contributed by atoms with Crippen LogP contribution in [0.4, 0.5) is 0 Å². The lowest BCUT2D eigenvalue weighted by Gasteiger charge is -2.24. The predicted molar refractivity (Wildman–Crippen MR) is 60.6 cm³/mol. The van der Waals surface area contributed by atoms with Crippen LogP contribution in [0.5, 0.6) is 0 Å². The van der Waals surface area contributed by atoms with Crippen LogP contribution < -0.4 is 0 Å². The summed E-state index contributed by atoms with van der Waals surface area (Å²) in [5, 5.41) is 0. The minimum Gasteiger partial charge on any atom is -0.348 e. The quantitative estimate of drug-likeness (QED) is 0.683. The molecule has 0 saturated carbocycles. The highest BCUT2D eigenvalue weighted by molar-refractivity contribution is 5.65. The van der Waals surface area contributed by atoms with Gasteiger partial charge in [0.15, 0.2) is 0 Å². The minimum atomic E-state index is 1.03. The molecule has 0 N–H and O–H groups in total. The summed E-state index contributed by atoms with van der Waals surface area (Å²) < 4.78 is 0. The molecule has 2 rings (SSSR count). The molecule has 1 nitrogen and oxygen atoms in total. The van der Waals surface area contributed by atoms with Gasteiger partial charge in [0, 0.05) is 18.4 Å². The maximum Gasteiger partial charge on any atom is 0.0442 e. The van der Waals surface area contributed by atoms with Crippen LogP contribution in [0.1, 0.15) is 18.9 Å². The average Bonchev–Trinajstić information content (AvgIpc) is 2.30. The van der Waals surface area contributed by atoms with Gasteiger partial charge in [-0.25, -0.2) is 0 Å². The molecular formula is C13H15N. The Morgan fingerprint density at radius 1 is 1.21 bits per heavy atom. The van der Waals surface area contributed by atoms with E-state index in [1.165, 1.54) is 11.3 Å². The molecule has 0 unspecified atom stereocenters. The first-order valence-electron chi connectivity index (χ1n) is 5.10. The molecule has 1 aromatic rings. The van der Waals surface area contributed by atoms with Crippen LogP contribution in [0.2, 0.25) is 0 Å². The first-order valence-corrected chi connectivity index (χ1v) is 5.10. The van der Waals surface area contributed by atoms with E-state index in [1.54, 1.807) is 0 Å². The molecule has 1 heterocycles. The van der Waals surface area contributed by atoms with E-state index in [4.69, 9.17) is 0 Å². The fourth-order valence-corrected chi connectivity index (χ4v) is 1.73. The smallest absolute Gasteiger partial charge is 0.0442 e. The Bertz CT molecular complexity index is 349. The normalized spacial score (nSPS) is 15.5. The molecule has 0 radical (unpaired) electrons. The van der Waals surface area contributed by atoms with Gasteiger partial charge in [-0.3, -0.25) is 0 Å². The number of nitrogens with zero attached hydrogens (tertiary/aromatic N) is 1.